The third-order valence-corrected chi connectivity index (χ3v) is 6.84. The van der Waals surface area contributed by atoms with Gasteiger partial charge in [-0.3, -0.25) is 9.59 Å². The normalized spacial score (nSPS) is 13.6. The number of para-hydroxylation sites is 1. The molecule has 2 aromatic carbocycles. The Labute approximate surface area is 250 Å². The molecule has 2 aromatic rings. The zero-order valence-corrected chi connectivity index (χ0v) is 26.1. The molecule has 0 saturated carbocycles. The van der Waals surface area contributed by atoms with Crippen LogP contribution in [0.2, 0.25) is 0 Å². The summed E-state index contributed by atoms with van der Waals surface area (Å²) in [5, 5.41) is 26.3. The largest absolute Gasteiger partial charge is 0.508 e. The van der Waals surface area contributed by atoms with Crippen LogP contribution in [0.25, 0.3) is 0 Å². The van der Waals surface area contributed by atoms with Crippen molar-refractivity contribution in [3.63, 3.8) is 0 Å². The Morgan fingerprint density at radius 1 is 0.952 bits per heavy atom. The minimum absolute atomic E-state index is 0.0778. The van der Waals surface area contributed by atoms with Crippen molar-refractivity contribution in [1.82, 2.24) is 15.5 Å². The summed E-state index contributed by atoms with van der Waals surface area (Å²) in [6.07, 6.45) is 2.38. The van der Waals surface area contributed by atoms with Gasteiger partial charge < -0.3 is 30.5 Å². The van der Waals surface area contributed by atoms with E-state index in [2.05, 4.69) is 24.5 Å². The second-order valence-electron chi connectivity index (χ2n) is 12.2. The molecule has 3 unspecified atom stereocenters. The summed E-state index contributed by atoms with van der Waals surface area (Å²) in [6.45, 7) is 13.7. The summed E-state index contributed by atoms with van der Waals surface area (Å²) in [7, 11) is 0. The molecule has 3 amide bonds. The molecule has 0 aliphatic carbocycles. The van der Waals surface area contributed by atoms with Gasteiger partial charge in [0.1, 0.15) is 29.2 Å². The van der Waals surface area contributed by atoms with E-state index in [0.29, 0.717) is 30.0 Å². The van der Waals surface area contributed by atoms with Gasteiger partial charge >= 0.3 is 6.09 Å². The molecule has 0 saturated heterocycles. The smallest absolute Gasteiger partial charge is 0.408 e. The molecular formula is C33H49N3O6. The highest BCUT2D eigenvalue weighted by atomic mass is 16.6. The highest BCUT2D eigenvalue weighted by Crippen LogP contribution is 2.33. The number of phenolic OH excluding ortho intramolecular Hbond substituents is 2. The molecule has 0 heterocycles. The van der Waals surface area contributed by atoms with Crippen LogP contribution in [0.15, 0.2) is 48.5 Å². The second-order valence-corrected chi connectivity index (χ2v) is 12.2. The second kappa shape index (κ2) is 16.0. The number of carbonyl (C=O) groups is 3. The molecule has 3 atom stereocenters. The van der Waals surface area contributed by atoms with E-state index in [1.165, 1.54) is 23.1 Å². The van der Waals surface area contributed by atoms with Gasteiger partial charge in [-0.05, 0) is 76.6 Å². The fourth-order valence-corrected chi connectivity index (χ4v) is 4.63. The molecule has 0 spiro atoms. The van der Waals surface area contributed by atoms with Crippen LogP contribution in [0, 0.1) is 5.92 Å². The number of alkyl carbamates (subject to hydrolysis) is 1. The van der Waals surface area contributed by atoms with Crippen molar-refractivity contribution >= 4 is 17.9 Å². The monoisotopic (exact) mass is 583 g/mol. The molecule has 9 heteroatoms. The van der Waals surface area contributed by atoms with E-state index >= 15 is 0 Å². The summed E-state index contributed by atoms with van der Waals surface area (Å²) in [6, 6.07) is 10.3. The van der Waals surface area contributed by atoms with Gasteiger partial charge in [0, 0.05) is 24.6 Å². The predicted octanol–water partition coefficient (Wildman–Crippen LogP) is 5.84. The van der Waals surface area contributed by atoms with Crippen LogP contribution >= 0.6 is 0 Å². The minimum atomic E-state index is -1.14. The zero-order chi connectivity index (χ0) is 31.4. The van der Waals surface area contributed by atoms with E-state index in [-0.39, 0.29) is 17.9 Å². The van der Waals surface area contributed by atoms with Gasteiger partial charge in [0.05, 0.1) is 0 Å². The molecule has 0 fully saturated rings. The van der Waals surface area contributed by atoms with Crippen molar-refractivity contribution < 1.29 is 29.3 Å². The summed E-state index contributed by atoms with van der Waals surface area (Å²) in [5.41, 5.74) is 0.207. The molecule has 0 aromatic heterocycles. The van der Waals surface area contributed by atoms with Crippen LogP contribution in [0.5, 0.6) is 11.5 Å². The van der Waals surface area contributed by atoms with Crippen molar-refractivity contribution in [2.75, 3.05) is 6.54 Å². The van der Waals surface area contributed by atoms with E-state index in [1.807, 2.05) is 13.8 Å². The fourth-order valence-electron chi connectivity index (χ4n) is 4.63. The number of aromatic hydroxyl groups is 2. The Balaban J connectivity index is 2.64. The topological polar surface area (TPSA) is 128 Å². The number of rotatable bonds is 14. The highest BCUT2D eigenvalue weighted by molar-refractivity contribution is 5.93. The van der Waals surface area contributed by atoms with E-state index in [1.54, 1.807) is 51.1 Å². The number of nitrogens with one attached hydrogen (secondary N) is 2. The number of hydrogen-bond donors (Lipinski definition) is 4. The van der Waals surface area contributed by atoms with Crippen LogP contribution in [-0.2, 0) is 20.7 Å². The van der Waals surface area contributed by atoms with Gasteiger partial charge in [-0.15, -0.1) is 0 Å². The number of benzene rings is 2. The van der Waals surface area contributed by atoms with Gasteiger partial charge in [-0.2, -0.15) is 0 Å². The average Bonchev–Trinajstić information content (AvgIpc) is 2.90. The number of nitrogens with zero attached hydrogens (tertiary/aromatic N) is 1. The molecule has 0 bridgehead atoms. The maximum absolute atomic E-state index is 14.6. The van der Waals surface area contributed by atoms with Crippen LogP contribution < -0.4 is 10.6 Å². The molecule has 0 aliphatic heterocycles. The quantitative estimate of drug-likeness (QED) is 0.207. The van der Waals surface area contributed by atoms with Crippen molar-refractivity contribution in [3.05, 3.63) is 59.7 Å². The van der Waals surface area contributed by atoms with Gasteiger partial charge in [-0.25, -0.2) is 4.79 Å². The maximum Gasteiger partial charge on any atom is 0.408 e. The third kappa shape index (κ3) is 10.9. The molecule has 9 nitrogen and oxygen atoms in total. The molecule has 2 rings (SSSR count). The van der Waals surface area contributed by atoms with E-state index in [9.17, 15) is 24.6 Å². The first-order valence-corrected chi connectivity index (χ1v) is 14.9. The summed E-state index contributed by atoms with van der Waals surface area (Å²) >= 11 is 0. The van der Waals surface area contributed by atoms with Gasteiger partial charge in [0.2, 0.25) is 11.8 Å². The van der Waals surface area contributed by atoms with Gasteiger partial charge in [-0.1, -0.05) is 57.5 Å². The lowest BCUT2D eigenvalue weighted by Gasteiger charge is -2.39. The molecular weight excluding hydrogens is 534 g/mol. The highest BCUT2D eigenvalue weighted by Gasteiger charge is 2.40. The first-order chi connectivity index (χ1) is 19.7. The Bertz CT molecular complexity index is 1160. The first-order valence-electron chi connectivity index (χ1n) is 14.9. The van der Waals surface area contributed by atoms with Gasteiger partial charge in [0.25, 0.3) is 0 Å². The SMILES string of the molecule is CCCCNC(=O)C(c1ccccc1O)N(C(=O)C(Cc1ccc(O)cc1)NC(=O)OC(C)(C)C)C(C)CCC(C)C. The fraction of sp³-hybridized carbons (Fsp3) is 0.545. The maximum atomic E-state index is 14.6. The third-order valence-electron chi connectivity index (χ3n) is 6.84. The molecule has 232 valence electrons. The number of carbonyl (C=O) groups excluding carboxylic acids is 3. The van der Waals surface area contributed by atoms with E-state index in [0.717, 1.165) is 19.3 Å². The van der Waals surface area contributed by atoms with Crippen LogP contribution in [0.3, 0.4) is 0 Å². The summed E-state index contributed by atoms with van der Waals surface area (Å²) < 4.78 is 5.49. The minimum Gasteiger partial charge on any atom is -0.508 e. The van der Waals surface area contributed by atoms with E-state index < -0.39 is 41.6 Å². The first kappa shape index (κ1) is 34.5. The van der Waals surface area contributed by atoms with Crippen LogP contribution in [0.4, 0.5) is 4.79 Å². The van der Waals surface area contributed by atoms with Crippen molar-refractivity contribution in [3.8, 4) is 11.5 Å². The number of amides is 3. The summed E-state index contributed by atoms with van der Waals surface area (Å²) in [5.74, 6) is -0.551. The lowest BCUT2D eigenvalue weighted by molar-refractivity contribution is -0.145. The Morgan fingerprint density at radius 3 is 2.17 bits per heavy atom. The molecule has 4 N–H and O–H groups in total. The van der Waals surface area contributed by atoms with Crippen LogP contribution in [-0.4, -0.2) is 57.3 Å². The summed E-state index contributed by atoms with van der Waals surface area (Å²) in [4.78, 5) is 42.9. The lowest BCUT2D eigenvalue weighted by atomic mass is 9.95. The molecule has 0 aliphatic rings. The lowest BCUT2D eigenvalue weighted by Crippen LogP contribution is -2.56. The van der Waals surface area contributed by atoms with Gasteiger partial charge in [0.15, 0.2) is 0 Å². The molecule has 0 radical (unpaired) electrons. The Kier molecular flexibility index (Phi) is 13.2. The van der Waals surface area contributed by atoms with Crippen LogP contribution in [0.1, 0.15) is 91.3 Å². The Hall–Kier alpha value is -3.75. The van der Waals surface area contributed by atoms with E-state index in [4.69, 9.17) is 4.74 Å². The molecule has 42 heavy (non-hydrogen) atoms. The standard InChI is InChI=1S/C33H49N3O6/c1-8-9-20-34-30(39)29(26-12-10-11-13-28(26)38)36(23(4)15-14-22(2)3)31(40)27(35-32(41)42-33(5,6)7)21-24-16-18-25(37)19-17-24/h10-13,16-19,22-23,27,29,37-38H,8-9,14-15,20-21H2,1-7H3,(H,34,39)(H,35,41). The van der Waals surface area contributed by atoms with Crippen molar-refractivity contribution in [2.24, 2.45) is 5.92 Å². The zero-order valence-electron chi connectivity index (χ0n) is 26.1. The average molecular weight is 584 g/mol. The number of unbranched alkanes of at least 4 members (excludes halogenated alkanes) is 1. The predicted molar refractivity (Wildman–Crippen MR) is 164 cm³/mol. The Morgan fingerprint density at radius 2 is 1.60 bits per heavy atom. The number of hydrogen-bond acceptors (Lipinski definition) is 6. The van der Waals surface area contributed by atoms with Crippen molar-refractivity contribution in [2.45, 2.75) is 104 Å². The number of phenols is 2. The van der Waals surface area contributed by atoms with Crippen molar-refractivity contribution in [1.29, 1.82) is 0 Å². The number of ether oxygens (including phenoxy) is 1.